The van der Waals surface area contributed by atoms with E-state index in [0.717, 1.165) is 22.7 Å². The van der Waals surface area contributed by atoms with Crippen molar-refractivity contribution in [2.45, 2.75) is 6.92 Å². The van der Waals surface area contributed by atoms with Crippen molar-refractivity contribution < 1.29 is 9.53 Å². The van der Waals surface area contributed by atoms with E-state index in [1.807, 2.05) is 25.1 Å². The van der Waals surface area contributed by atoms with E-state index in [-0.39, 0.29) is 12.5 Å². The molecule has 0 aliphatic heterocycles. The van der Waals surface area contributed by atoms with Crippen molar-refractivity contribution in [3.05, 3.63) is 53.1 Å². The minimum atomic E-state index is -0.125. The van der Waals surface area contributed by atoms with Crippen LogP contribution >= 0.6 is 11.6 Å². The number of amides is 1. The predicted octanol–water partition coefficient (Wildman–Crippen LogP) is 3.71. The number of carbonyl (C=O) groups excluding carboxylic acids is 1. The molecule has 1 amide bonds. The Morgan fingerprint density at radius 2 is 1.90 bits per heavy atom. The number of ether oxygens (including phenoxy) is 1. The minimum Gasteiger partial charge on any atom is -0.497 e. The summed E-state index contributed by atoms with van der Waals surface area (Å²) in [7, 11) is 1.60. The molecular weight excluding hydrogens is 288 g/mol. The number of hydrogen-bond acceptors (Lipinski definition) is 3. The molecule has 0 aliphatic rings. The van der Waals surface area contributed by atoms with Crippen molar-refractivity contribution in [2.75, 3.05) is 24.3 Å². The Labute approximate surface area is 129 Å². The molecule has 2 rings (SSSR count). The van der Waals surface area contributed by atoms with E-state index in [2.05, 4.69) is 10.6 Å². The Kier molecular flexibility index (Phi) is 5.06. The number of anilines is 2. The van der Waals surface area contributed by atoms with Gasteiger partial charge >= 0.3 is 0 Å². The molecular formula is C16H17ClN2O2. The first-order valence-corrected chi connectivity index (χ1v) is 6.91. The van der Waals surface area contributed by atoms with Crippen molar-refractivity contribution in [3.63, 3.8) is 0 Å². The third-order valence-electron chi connectivity index (χ3n) is 3.08. The van der Waals surface area contributed by atoms with Crippen LogP contribution in [-0.2, 0) is 4.79 Å². The summed E-state index contributed by atoms with van der Waals surface area (Å²) >= 11 is 6.04. The van der Waals surface area contributed by atoms with Crippen LogP contribution in [-0.4, -0.2) is 19.6 Å². The molecule has 0 heterocycles. The lowest BCUT2D eigenvalue weighted by Crippen LogP contribution is -2.22. The molecule has 4 nitrogen and oxygen atoms in total. The Balaban J connectivity index is 1.91. The fraction of sp³-hybridized carbons (Fsp3) is 0.188. The molecule has 0 aliphatic carbocycles. The van der Waals surface area contributed by atoms with Crippen LogP contribution in [0.1, 0.15) is 5.56 Å². The summed E-state index contributed by atoms with van der Waals surface area (Å²) < 4.78 is 5.07. The van der Waals surface area contributed by atoms with Gasteiger partial charge in [-0.15, -0.1) is 0 Å². The first-order chi connectivity index (χ1) is 10.1. The van der Waals surface area contributed by atoms with Gasteiger partial charge in [-0.25, -0.2) is 0 Å². The maximum absolute atomic E-state index is 11.9. The summed E-state index contributed by atoms with van der Waals surface area (Å²) in [6.45, 7) is 2.08. The van der Waals surface area contributed by atoms with E-state index < -0.39 is 0 Å². The number of rotatable bonds is 5. The highest BCUT2D eigenvalue weighted by molar-refractivity contribution is 6.31. The Morgan fingerprint density at radius 3 is 2.57 bits per heavy atom. The van der Waals surface area contributed by atoms with Crippen LogP contribution < -0.4 is 15.4 Å². The minimum absolute atomic E-state index is 0.125. The zero-order valence-corrected chi connectivity index (χ0v) is 12.7. The van der Waals surface area contributed by atoms with Crippen molar-refractivity contribution in [1.29, 1.82) is 0 Å². The monoisotopic (exact) mass is 304 g/mol. The molecule has 0 saturated heterocycles. The van der Waals surface area contributed by atoms with Crippen LogP contribution in [0.5, 0.6) is 5.75 Å². The van der Waals surface area contributed by atoms with Gasteiger partial charge in [0.1, 0.15) is 5.75 Å². The highest BCUT2D eigenvalue weighted by Crippen LogP contribution is 2.22. The molecule has 110 valence electrons. The summed E-state index contributed by atoms with van der Waals surface area (Å²) in [5.74, 6) is 0.625. The highest BCUT2D eigenvalue weighted by atomic mass is 35.5. The second kappa shape index (κ2) is 6.99. The number of methoxy groups -OCH3 is 1. The molecule has 2 aromatic rings. The zero-order chi connectivity index (χ0) is 15.2. The Hall–Kier alpha value is -2.20. The van der Waals surface area contributed by atoms with Gasteiger partial charge in [0.05, 0.1) is 13.7 Å². The molecule has 5 heteroatoms. The molecule has 0 atom stereocenters. The van der Waals surface area contributed by atoms with Crippen molar-refractivity contribution in [1.82, 2.24) is 0 Å². The molecule has 0 bridgehead atoms. The van der Waals surface area contributed by atoms with Gasteiger partial charge in [0.25, 0.3) is 0 Å². The average Bonchev–Trinajstić information content (AvgIpc) is 2.49. The molecule has 0 aromatic heterocycles. The fourth-order valence-electron chi connectivity index (χ4n) is 1.85. The fourth-order valence-corrected chi connectivity index (χ4v) is 2.03. The lowest BCUT2D eigenvalue weighted by molar-refractivity contribution is -0.114. The molecule has 2 N–H and O–H groups in total. The summed E-state index contributed by atoms with van der Waals surface area (Å²) in [4.78, 5) is 11.9. The molecule has 2 aromatic carbocycles. The van der Waals surface area contributed by atoms with E-state index in [0.29, 0.717) is 5.02 Å². The first kappa shape index (κ1) is 15.2. The maximum Gasteiger partial charge on any atom is 0.243 e. The van der Waals surface area contributed by atoms with Gasteiger partial charge in [0.2, 0.25) is 5.91 Å². The van der Waals surface area contributed by atoms with Gasteiger partial charge < -0.3 is 15.4 Å². The summed E-state index contributed by atoms with van der Waals surface area (Å²) in [6.07, 6.45) is 0. The van der Waals surface area contributed by atoms with Crippen LogP contribution in [0.15, 0.2) is 42.5 Å². The van der Waals surface area contributed by atoms with Crippen LogP contribution in [0.4, 0.5) is 11.4 Å². The Bertz CT molecular complexity index is 627. The molecule has 0 unspecified atom stereocenters. The number of halogens is 1. The van der Waals surface area contributed by atoms with Crippen molar-refractivity contribution >= 4 is 28.9 Å². The van der Waals surface area contributed by atoms with Crippen molar-refractivity contribution in [2.24, 2.45) is 0 Å². The average molecular weight is 305 g/mol. The summed E-state index contributed by atoms with van der Waals surface area (Å²) in [5.41, 5.74) is 2.51. The van der Waals surface area contributed by atoms with Gasteiger partial charge in [0.15, 0.2) is 0 Å². The smallest absolute Gasteiger partial charge is 0.243 e. The van der Waals surface area contributed by atoms with Crippen LogP contribution in [0.3, 0.4) is 0 Å². The van der Waals surface area contributed by atoms with Gasteiger partial charge in [0, 0.05) is 16.4 Å². The lowest BCUT2D eigenvalue weighted by atomic mass is 10.2. The Morgan fingerprint density at radius 1 is 1.19 bits per heavy atom. The van der Waals surface area contributed by atoms with Crippen LogP contribution in [0.25, 0.3) is 0 Å². The largest absolute Gasteiger partial charge is 0.497 e. The summed E-state index contributed by atoms with van der Waals surface area (Å²) in [5, 5.41) is 6.56. The topological polar surface area (TPSA) is 50.4 Å². The quantitative estimate of drug-likeness (QED) is 0.885. The van der Waals surface area contributed by atoms with E-state index in [1.54, 1.807) is 31.4 Å². The highest BCUT2D eigenvalue weighted by Gasteiger charge is 2.05. The first-order valence-electron chi connectivity index (χ1n) is 6.53. The molecule has 0 saturated carbocycles. The zero-order valence-electron chi connectivity index (χ0n) is 11.9. The van der Waals surface area contributed by atoms with Gasteiger partial charge in [-0.3, -0.25) is 4.79 Å². The predicted molar refractivity (Wildman–Crippen MR) is 86.3 cm³/mol. The van der Waals surface area contributed by atoms with E-state index in [1.165, 1.54) is 0 Å². The molecule has 21 heavy (non-hydrogen) atoms. The number of benzene rings is 2. The lowest BCUT2D eigenvalue weighted by Gasteiger charge is -2.11. The van der Waals surface area contributed by atoms with Crippen LogP contribution in [0, 0.1) is 6.92 Å². The molecule has 0 fully saturated rings. The maximum atomic E-state index is 11.9. The van der Waals surface area contributed by atoms with Gasteiger partial charge in [-0.1, -0.05) is 17.7 Å². The van der Waals surface area contributed by atoms with Crippen molar-refractivity contribution in [3.8, 4) is 5.75 Å². The summed E-state index contributed by atoms with van der Waals surface area (Å²) in [6, 6.07) is 12.7. The van der Waals surface area contributed by atoms with Crippen LogP contribution in [0.2, 0.25) is 5.02 Å². The van der Waals surface area contributed by atoms with E-state index in [4.69, 9.17) is 16.3 Å². The third kappa shape index (κ3) is 4.13. The van der Waals surface area contributed by atoms with Gasteiger partial charge in [-0.05, 0) is 48.9 Å². The standard InChI is InChI=1S/C16H17ClN2O2/c1-11-14(17)4-3-5-15(11)18-10-16(20)19-12-6-8-13(21-2)9-7-12/h3-9,18H,10H2,1-2H3,(H,19,20). The van der Waals surface area contributed by atoms with Gasteiger partial charge in [-0.2, -0.15) is 0 Å². The number of hydrogen-bond donors (Lipinski definition) is 2. The van der Waals surface area contributed by atoms with E-state index >= 15 is 0 Å². The van der Waals surface area contributed by atoms with E-state index in [9.17, 15) is 4.79 Å². The molecule has 0 radical (unpaired) electrons. The second-order valence-electron chi connectivity index (χ2n) is 4.54. The number of carbonyl (C=O) groups is 1. The normalized spacial score (nSPS) is 10.0. The SMILES string of the molecule is COc1ccc(NC(=O)CNc2cccc(Cl)c2C)cc1. The third-order valence-corrected chi connectivity index (χ3v) is 3.49. The second-order valence-corrected chi connectivity index (χ2v) is 4.95. The molecule has 0 spiro atoms. The number of nitrogens with one attached hydrogen (secondary N) is 2.